The molecular weight excluding hydrogens is 370 g/mol. The van der Waals surface area contributed by atoms with Gasteiger partial charge in [-0.05, 0) is 55.3 Å². The minimum atomic E-state index is -0.413. The third kappa shape index (κ3) is 4.47. The van der Waals surface area contributed by atoms with Crippen molar-refractivity contribution in [2.75, 3.05) is 13.7 Å². The quantitative estimate of drug-likeness (QED) is 0.646. The van der Waals surface area contributed by atoms with Crippen LogP contribution in [0, 0.1) is 0 Å². The number of hydrogen-bond acceptors (Lipinski definition) is 5. The summed E-state index contributed by atoms with van der Waals surface area (Å²) in [5.41, 5.74) is 5.29. The lowest BCUT2D eigenvalue weighted by molar-refractivity contribution is -0.186. The summed E-state index contributed by atoms with van der Waals surface area (Å²) in [6.45, 7) is 0.644. The van der Waals surface area contributed by atoms with Crippen LogP contribution in [0.2, 0.25) is 0 Å². The molecule has 1 aromatic heterocycles. The molecule has 0 spiro atoms. The first-order valence-electron chi connectivity index (χ1n) is 9.62. The Balaban J connectivity index is 1.61. The molecule has 1 saturated heterocycles. The predicted octanol–water partition coefficient (Wildman–Crippen LogP) is 3.74. The van der Waals surface area contributed by atoms with Crippen LogP contribution < -0.4 is 10.2 Å². The molecule has 1 amide bonds. The number of aromatic nitrogens is 2. The second kappa shape index (κ2) is 8.89. The Hall–Kier alpha value is -3.16. The van der Waals surface area contributed by atoms with Crippen LogP contribution in [0.25, 0.3) is 16.9 Å². The van der Waals surface area contributed by atoms with Crippen molar-refractivity contribution in [2.45, 2.75) is 25.6 Å². The van der Waals surface area contributed by atoms with Gasteiger partial charge in [-0.3, -0.25) is 4.79 Å². The smallest absolute Gasteiger partial charge is 0.295 e. The SMILES string of the molecule is COc1ccc(-c2cc(C(=O)NOC3CCCCO3)nn2-c2ccccc2)cc1. The molecule has 1 fully saturated rings. The van der Waals surface area contributed by atoms with Gasteiger partial charge in [0.05, 0.1) is 18.5 Å². The summed E-state index contributed by atoms with van der Waals surface area (Å²) in [7, 11) is 1.63. The Morgan fingerprint density at radius 3 is 2.62 bits per heavy atom. The van der Waals surface area contributed by atoms with Crippen LogP contribution in [0.3, 0.4) is 0 Å². The summed E-state index contributed by atoms with van der Waals surface area (Å²) in [6.07, 6.45) is 2.38. The topological polar surface area (TPSA) is 74.6 Å². The van der Waals surface area contributed by atoms with E-state index in [1.165, 1.54) is 0 Å². The Morgan fingerprint density at radius 1 is 1.14 bits per heavy atom. The van der Waals surface area contributed by atoms with Crippen molar-refractivity contribution in [3.63, 3.8) is 0 Å². The summed E-state index contributed by atoms with van der Waals surface area (Å²) in [4.78, 5) is 18.0. The van der Waals surface area contributed by atoms with Gasteiger partial charge < -0.3 is 9.47 Å². The third-order valence-electron chi connectivity index (χ3n) is 4.75. The minimum Gasteiger partial charge on any atom is -0.497 e. The molecule has 29 heavy (non-hydrogen) atoms. The molecular formula is C22H23N3O4. The number of carbonyl (C=O) groups excluding carboxylic acids is 1. The zero-order valence-corrected chi connectivity index (χ0v) is 16.2. The van der Waals surface area contributed by atoms with Crippen LogP contribution in [0.4, 0.5) is 0 Å². The van der Waals surface area contributed by atoms with Gasteiger partial charge >= 0.3 is 0 Å². The first kappa shape index (κ1) is 19.2. The van der Waals surface area contributed by atoms with E-state index in [2.05, 4.69) is 10.6 Å². The van der Waals surface area contributed by atoms with Crippen LogP contribution in [0.5, 0.6) is 5.75 Å². The van der Waals surface area contributed by atoms with Crippen molar-refractivity contribution in [3.8, 4) is 22.7 Å². The Bertz CT molecular complexity index is 948. The van der Waals surface area contributed by atoms with E-state index in [-0.39, 0.29) is 5.69 Å². The number of para-hydroxylation sites is 1. The number of nitrogens with one attached hydrogen (secondary N) is 1. The number of hydroxylamine groups is 1. The zero-order valence-electron chi connectivity index (χ0n) is 16.2. The van der Waals surface area contributed by atoms with Crippen molar-refractivity contribution in [2.24, 2.45) is 0 Å². The molecule has 3 aromatic rings. The van der Waals surface area contributed by atoms with Gasteiger partial charge in [0.15, 0.2) is 12.0 Å². The van der Waals surface area contributed by atoms with Crippen LogP contribution in [-0.4, -0.2) is 35.7 Å². The predicted molar refractivity (Wildman–Crippen MR) is 108 cm³/mol. The molecule has 7 heteroatoms. The fourth-order valence-electron chi connectivity index (χ4n) is 3.20. The first-order chi connectivity index (χ1) is 14.2. The van der Waals surface area contributed by atoms with Gasteiger partial charge in [-0.2, -0.15) is 5.10 Å². The third-order valence-corrected chi connectivity index (χ3v) is 4.75. The van der Waals surface area contributed by atoms with Gasteiger partial charge in [-0.1, -0.05) is 18.2 Å². The van der Waals surface area contributed by atoms with Crippen LogP contribution in [0.15, 0.2) is 60.7 Å². The van der Waals surface area contributed by atoms with Gasteiger partial charge in [0.2, 0.25) is 0 Å². The summed E-state index contributed by atoms with van der Waals surface area (Å²) >= 11 is 0. The lowest BCUT2D eigenvalue weighted by Crippen LogP contribution is -2.33. The number of ether oxygens (including phenoxy) is 2. The molecule has 1 unspecified atom stereocenters. The van der Waals surface area contributed by atoms with Crippen molar-refractivity contribution in [1.29, 1.82) is 0 Å². The van der Waals surface area contributed by atoms with E-state index in [1.807, 2.05) is 54.6 Å². The van der Waals surface area contributed by atoms with Crippen LogP contribution in [-0.2, 0) is 9.57 Å². The average molecular weight is 393 g/mol. The maximum absolute atomic E-state index is 12.6. The molecule has 1 atom stereocenters. The van der Waals surface area contributed by atoms with E-state index in [1.54, 1.807) is 17.9 Å². The van der Waals surface area contributed by atoms with Gasteiger partial charge in [0.25, 0.3) is 5.91 Å². The van der Waals surface area contributed by atoms with Gasteiger partial charge in [-0.15, -0.1) is 0 Å². The summed E-state index contributed by atoms with van der Waals surface area (Å²) in [5.74, 6) is 0.349. The molecule has 2 heterocycles. The number of methoxy groups -OCH3 is 1. The van der Waals surface area contributed by atoms with Gasteiger partial charge in [-0.25, -0.2) is 15.0 Å². The Labute approximate surface area is 169 Å². The maximum Gasteiger partial charge on any atom is 0.295 e. The van der Waals surface area contributed by atoms with E-state index < -0.39 is 12.2 Å². The summed E-state index contributed by atoms with van der Waals surface area (Å²) in [6, 6.07) is 19.0. The Kier molecular flexibility index (Phi) is 5.88. The van der Waals surface area contributed by atoms with E-state index >= 15 is 0 Å². The summed E-state index contributed by atoms with van der Waals surface area (Å²) in [5, 5.41) is 4.52. The number of nitrogens with zero attached hydrogens (tertiary/aromatic N) is 2. The minimum absolute atomic E-state index is 0.260. The molecule has 0 bridgehead atoms. The molecule has 0 aliphatic carbocycles. The average Bonchev–Trinajstić information content (AvgIpc) is 3.24. The number of amides is 1. The highest BCUT2D eigenvalue weighted by Crippen LogP contribution is 2.26. The standard InChI is InChI=1S/C22H23N3O4/c1-27-18-12-10-16(11-13-18)20-15-19(23-25(20)17-7-3-2-4-8-17)22(26)24-29-21-9-5-6-14-28-21/h2-4,7-8,10-13,15,21H,5-6,9,14H2,1H3,(H,24,26). The molecule has 4 rings (SSSR count). The highest BCUT2D eigenvalue weighted by Gasteiger charge is 2.20. The maximum atomic E-state index is 12.6. The van der Waals surface area contributed by atoms with Gasteiger partial charge in [0, 0.05) is 18.6 Å². The molecule has 7 nitrogen and oxygen atoms in total. The zero-order chi connectivity index (χ0) is 20.1. The van der Waals surface area contributed by atoms with Crippen molar-refractivity contribution < 1.29 is 19.1 Å². The Morgan fingerprint density at radius 2 is 1.93 bits per heavy atom. The molecule has 0 saturated carbocycles. The van der Waals surface area contributed by atoms with E-state index in [4.69, 9.17) is 14.3 Å². The van der Waals surface area contributed by atoms with Crippen LogP contribution in [0.1, 0.15) is 29.8 Å². The lowest BCUT2D eigenvalue weighted by atomic mass is 10.1. The molecule has 150 valence electrons. The first-order valence-corrected chi connectivity index (χ1v) is 9.62. The van der Waals surface area contributed by atoms with Crippen molar-refractivity contribution in [3.05, 3.63) is 66.4 Å². The fraction of sp³-hybridized carbons (Fsp3) is 0.273. The number of rotatable bonds is 6. The number of carbonyl (C=O) groups is 1. The molecule has 1 N–H and O–H groups in total. The van der Waals surface area contributed by atoms with E-state index in [9.17, 15) is 4.79 Å². The monoisotopic (exact) mass is 393 g/mol. The molecule has 2 aromatic carbocycles. The van der Waals surface area contributed by atoms with Crippen LogP contribution >= 0.6 is 0 Å². The molecule has 1 aliphatic rings. The molecule has 0 radical (unpaired) electrons. The van der Waals surface area contributed by atoms with E-state index in [0.717, 1.165) is 42.0 Å². The van der Waals surface area contributed by atoms with E-state index in [0.29, 0.717) is 6.61 Å². The highest BCUT2D eigenvalue weighted by molar-refractivity contribution is 5.93. The van der Waals surface area contributed by atoms with Crippen molar-refractivity contribution >= 4 is 5.91 Å². The molecule has 1 aliphatic heterocycles. The van der Waals surface area contributed by atoms with Gasteiger partial charge in [0.1, 0.15) is 5.75 Å². The fourth-order valence-corrected chi connectivity index (χ4v) is 3.20. The highest BCUT2D eigenvalue weighted by atomic mass is 16.8. The van der Waals surface area contributed by atoms with Crippen molar-refractivity contribution in [1.82, 2.24) is 15.3 Å². The summed E-state index contributed by atoms with van der Waals surface area (Å²) < 4.78 is 12.5. The largest absolute Gasteiger partial charge is 0.497 e. The normalized spacial score (nSPS) is 16.4. The number of hydrogen-bond donors (Lipinski definition) is 1. The lowest BCUT2D eigenvalue weighted by Gasteiger charge is -2.21. The second-order valence-corrected chi connectivity index (χ2v) is 6.74. The number of benzene rings is 2. The second-order valence-electron chi connectivity index (χ2n) is 6.74.